The average Bonchev–Trinajstić information content (AvgIpc) is 3.09. The highest BCUT2D eigenvalue weighted by Crippen LogP contribution is 2.55. The minimum Gasteiger partial charge on any atom is -0.466 e. The molecule has 0 spiro atoms. The second-order valence-corrected chi connectivity index (χ2v) is 11.2. The molecule has 1 fully saturated rings. The number of carbonyl (C=O) groups excluding carboxylic acids is 6. The lowest BCUT2D eigenvalue weighted by Gasteiger charge is -2.54. The molecule has 42 heavy (non-hydrogen) atoms. The maximum atomic E-state index is 13.1. The van der Waals surface area contributed by atoms with Gasteiger partial charge in [-0.25, -0.2) is 4.79 Å². The maximum absolute atomic E-state index is 13.1. The summed E-state index contributed by atoms with van der Waals surface area (Å²) in [5.41, 5.74) is -3.53. The van der Waals surface area contributed by atoms with Gasteiger partial charge in [-0.05, 0) is 19.9 Å². The molecule has 13 heteroatoms. The molecule has 3 rings (SSSR count). The molecule has 0 radical (unpaired) electrons. The first-order valence-corrected chi connectivity index (χ1v) is 13.6. The zero-order valence-corrected chi connectivity index (χ0v) is 25.0. The Hall–Kier alpha value is -3.74. The molecule has 3 aliphatic rings. The molecule has 13 nitrogen and oxygen atoms in total. The van der Waals surface area contributed by atoms with E-state index in [-0.39, 0.29) is 18.4 Å². The normalized spacial score (nSPS) is 36.0. The molecule has 0 bridgehead atoms. The van der Waals surface area contributed by atoms with Crippen molar-refractivity contribution in [1.29, 1.82) is 0 Å². The molecular formula is C29H38O13. The van der Waals surface area contributed by atoms with Crippen molar-refractivity contribution in [3.05, 3.63) is 23.3 Å². The molecule has 1 N–H and O–H groups in total. The van der Waals surface area contributed by atoms with Crippen LogP contribution in [0.25, 0.3) is 0 Å². The van der Waals surface area contributed by atoms with Gasteiger partial charge in [-0.3, -0.25) is 24.0 Å². The fraction of sp³-hybridized carbons (Fsp3) is 0.655. The van der Waals surface area contributed by atoms with Crippen LogP contribution in [0.1, 0.15) is 61.3 Å². The monoisotopic (exact) mass is 594 g/mol. The van der Waals surface area contributed by atoms with Gasteiger partial charge in [0.15, 0.2) is 11.7 Å². The van der Waals surface area contributed by atoms with Gasteiger partial charge in [0.25, 0.3) is 0 Å². The van der Waals surface area contributed by atoms with Crippen LogP contribution in [-0.2, 0) is 57.2 Å². The molecule has 9 unspecified atom stereocenters. The number of methoxy groups -OCH3 is 1. The second-order valence-electron chi connectivity index (χ2n) is 11.2. The van der Waals surface area contributed by atoms with Crippen LogP contribution < -0.4 is 0 Å². The molecule has 2 aliphatic carbocycles. The average molecular weight is 595 g/mol. The van der Waals surface area contributed by atoms with E-state index in [1.165, 1.54) is 13.8 Å². The summed E-state index contributed by atoms with van der Waals surface area (Å²) in [6.45, 7) is 9.30. The number of fused-ring (bicyclic) bond motifs is 2. The van der Waals surface area contributed by atoms with E-state index in [2.05, 4.69) is 0 Å². The van der Waals surface area contributed by atoms with Crippen molar-refractivity contribution >= 4 is 35.8 Å². The third kappa shape index (κ3) is 5.92. The van der Waals surface area contributed by atoms with Crippen molar-refractivity contribution in [1.82, 2.24) is 0 Å². The minimum atomic E-state index is -2.31. The second kappa shape index (κ2) is 12.2. The lowest BCUT2D eigenvalue weighted by Crippen LogP contribution is -2.65. The van der Waals surface area contributed by atoms with Crippen LogP contribution in [0, 0.1) is 17.3 Å². The van der Waals surface area contributed by atoms with Crippen molar-refractivity contribution in [3.8, 4) is 0 Å². The topological polar surface area (TPSA) is 178 Å². The zero-order chi connectivity index (χ0) is 31.7. The predicted molar refractivity (Wildman–Crippen MR) is 141 cm³/mol. The fourth-order valence-corrected chi connectivity index (χ4v) is 6.50. The summed E-state index contributed by atoms with van der Waals surface area (Å²) in [5, 5.41) is 12.5. The van der Waals surface area contributed by atoms with Crippen molar-refractivity contribution in [2.45, 2.75) is 97.4 Å². The van der Waals surface area contributed by atoms with Gasteiger partial charge in [0.1, 0.15) is 24.4 Å². The number of rotatable bonds is 5. The largest absolute Gasteiger partial charge is 0.466 e. The Balaban J connectivity index is 2.50. The highest BCUT2D eigenvalue weighted by molar-refractivity contribution is 5.90. The summed E-state index contributed by atoms with van der Waals surface area (Å²) < 4.78 is 33.4. The lowest BCUT2D eigenvalue weighted by atomic mass is 9.56. The Morgan fingerprint density at radius 2 is 1.48 bits per heavy atom. The molecule has 1 saturated heterocycles. The van der Waals surface area contributed by atoms with Gasteiger partial charge in [-0.2, -0.15) is 0 Å². The molecule has 0 saturated carbocycles. The molecule has 232 valence electrons. The number of carbonyl (C=O) groups is 6. The number of aliphatic hydroxyl groups is 1. The zero-order valence-electron chi connectivity index (χ0n) is 25.0. The van der Waals surface area contributed by atoms with Gasteiger partial charge in [0, 0.05) is 46.5 Å². The molecule has 0 amide bonds. The van der Waals surface area contributed by atoms with E-state index in [1.807, 2.05) is 0 Å². The number of hydrogen-bond donors (Lipinski definition) is 1. The van der Waals surface area contributed by atoms with E-state index < -0.39 is 89.2 Å². The summed E-state index contributed by atoms with van der Waals surface area (Å²) in [4.78, 5) is 75.8. The van der Waals surface area contributed by atoms with Gasteiger partial charge >= 0.3 is 35.8 Å². The van der Waals surface area contributed by atoms with E-state index in [0.717, 1.165) is 34.0 Å². The fourth-order valence-electron chi connectivity index (χ4n) is 6.50. The van der Waals surface area contributed by atoms with Crippen LogP contribution in [0.3, 0.4) is 0 Å². The van der Waals surface area contributed by atoms with E-state index in [4.69, 9.17) is 28.4 Å². The van der Waals surface area contributed by atoms with E-state index >= 15 is 0 Å². The molecule has 9 atom stereocenters. The van der Waals surface area contributed by atoms with Crippen LogP contribution in [-0.4, -0.2) is 84.2 Å². The van der Waals surface area contributed by atoms with Crippen molar-refractivity contribution in [2.75, 3.05) is 7.11 Å². The standard InChI is InChI=1S/C29H38O13/c1-13-9-10-21(39-16(4)31)28(7)22(40-17(5)32)12-20(38-15(3)30)19(27(35)37-8)11-23-29(36,14(2)26(34)42-23)25(24(13)28)41-18(6)33/h9,11,14,20-25,36H,10,12H2,1-8H3. The Bertz CT molecular complexity index is 1220. The first-order chi connectivity index (χ1) is 19.5. The van der Waals surface area contributed by atoms with Gasteiger partial charge in [0.2, 0.25) is 0 Å². The van der Waals surface area contributed by atoms with E-state index in [0.29, 0.717) is 5.57 Å². The SMILES string of the molecule is COC(=O)C1=CC2OC(=O)C(C)C2(O)C(OC(C)=O)C2C(C)=CCC(OC(C)=O)C2(C)C(OC(C)=O)CC1OC(C)=O. The van der Waals surface area contributed by atoms with Gasteiger partial charge in [0.05, 0.1) is 24.0 Å². The summed E-state index contributed by atoms with van der Waals surface area (Å²) in [7, 11) is 1.08. The molecule has 0 aromatic heterocycles. The summed E-state index contributed by atoms with van der Waals surface area (Å²) in [6.07, 6.45) is -4.17. The molecule has 1 heterocycles. The van der Waals surface area contributed by atoms with Gasteiger partial charge in [-0.15, -0.1) is 0 Å². The molecule has 1 aliphatic heterocycles. The maximum Gasteiger partial charge on any atom is 0.337 e. The van der Waals surface area contributed by atoms with Crippen LogP contribution in [0.15, 0.2) is 23.3 Å². The molecule has 0 aromatic carbocycles. The Kier molecular flexibility index (Phi) is 9.55. The Labute approximate surface area is 243 Å². The molecule has 0 aromatic rings. The predicted octanol–water partition coefficient (Wildman–Crippen LogP) is 1.48. The number of ether oxygens (including phenoxy) is 6. The van der Waals surface area contributed by atoms with Crippen LogP contribution in [0.4, 0.5) is 0 Å². The Morgan fingerprint density at radius 3 is 2.00 bits per heavy atom. The third-order valence-electron chi connectivity index (χ3n) is 8.45. The summed E-state index contributed by atoms with van der Waals surface area (Å²) in [5.74, 6) is -7.18. The van der Waals surface area contributed by atoms with Crippen molar-refractivity contribution in [2.24, 2.45) is 17.3 Å². The van der Waals surface area contributed by atoms with Gasteiger partial charge in [-0.1, -0.05) is 18.6 Å². The first-order valence-electron chi connectivity index (χ1n) is 13.6. The van der Waals surface area contributed by atoms with Crippen molar-refractivity contribution in [3.63, 3.8) is 0 Å². The van der Waals surface area contributed by atoms with Crippen molar-refractivity contribution < 1.29 is 62.3 Å². The smallest absolute Gasteiger partial charge is 0.337 e. The highest BCUT2D eigenvalue weighted by atomic mass is 16.6. The quantitative estimate of drug-likeness (QED) is 0.275. The number of hydrogen-bond acceptors (Lipinski definition) is 13. The third-order valence-corrected chi connectivity index (χ3v) is 8.45. The Morgan fingerprint density at radius 1 is 0.929 bits per heavy atom. The summed E-state index contributed by atoms with van der Waals surface area (Å²) in [6, 6.07) is 0. The van der Waals surface area contributed by atoms with Gasteiger partial charge < -0.3 is 33.5 Å². The van der Waals surface area contributed by atoms with Crippen LogP contribution in [0.5, 0.6) is 0 Å². The van der Waals surface area contributed by atoms with Crippen LogP contribution >= 0.6 is 0 Å². The first kappa shape index (κ1) is 32.8. The lowest BCUT2D eigenvalue weighted by molar-refractivity contribution is -0.218. The molecular weight excluding hydrogens is 556 g/mol. The highest BCUT2D eigenvalue weighted by Gasteiger charge is 2.67. The van der Waals surface area contributed by atoms with E-state index in [9.17, 15) is 33.9 Å². The summed E-state index contributed by atoms with van der Waals surface area (Å²) >= 11 is 0. The number of esters is 6. The van der Waals surface area contributed by atoms with Crippen LogP contribution in [0.2, 0.25) is 0 Å². The minimum absolute atomic E-state index is 0.147. The van der Waals surface area contributed by atoms with E-state index in [1.54, 1.807) is 19.9 Å².